The van der Waals surface area contributed by atoms with Gasteiger partial charge in [0.05, 0.1) is 12.5 Å². The quantitative estimate of drug-likeness (QED) is 0.750. The first kappa shape index (κ1) is 15.3. The van der Waals surface area contributed by atoms with E-state index in [2.05, 4.69) is 47.8 Å². The topological polar surface area (TPSA) is 29.1 Å². The van der Waals surface area contributed by atoms with Gasteiger partial charge in [0.15, 0.2) is 0 Å². The Kier molecular flexibility index (Phi) is 4.26. The first-order valence-corrected chi connectivity index (χ1v) is 9.27. The molecule has 0 fully saturated rings. The van der Waals surface area contributed by atoms with Crippen molar-refractivity contribution in [1.82, 2.24) is 5.32 Å². The van der Waals surface area contributed by atoms with Crippen LogP contribution in [0.25, 0.3) is 10.8 Å². The van der Waals surface area contributed by atoms with Gasteiger partial charge < -0.3 is 5.32 Å². The van der Waals surface area contributed by atoms with Crippen molar-refractivity contribution in [2.75, 3.05) is 5.75 Å². The normalized spacial score (nSPS) is 16.6. The molecule has 0 saturated heterocycles. The lowest BCUT2D eigenvalue weighted by atomic mass is 10.0. The third kappa shape index (κ3) is 3.04. The zero-order valence-corrected chi connectivity index (χ0v) is 14.2. The van der Waals surface area contributed by atoms with Crippen molar-refractivity contribution in [2.24, 2.45) is 0 Å². The third-order valence-corrected chi connectivity index (χ3v) is 5.65. The molecule has 0 radical (unpaired) electrons. The Balaban J connectivity index is 1.53. The number of amides is 1. The summed E-state index contributed by atoms with van der Waals surface area (Å²) in [4.78, 5) is 13.9. The maximum Gasteiger partial charge on any atom is 0.224 e. The summed E-state index contributed by atoms with van der Waals surface area (Å²) in [6, 6.07) is 22.9. The average Bonchev–Trinajstić information content (AvgIpc) is 2.62. The molecule has 24 heavy (non-hydrogen) atoms. The highest BCUT2D eigenvalue weighted by Crippen LogP contribution is 2.35. The van der Waals surface area contributed by atoms with Crippen LogP contribution >= 0.6 is 11.8 Å². The summed E-state index contributed by atoms with van der Waals surface area (Å²) in [7, 11) is 0. The lowest BCUT2D eigenvalue weighted by Crippen LogP contribution is -2.31. The van der Waals surface area contributed by atoms with E-state index in [0.717, 1.165) is 23.1 Å². The molecule has 0 bridgehead atoms. The van der Waals surface area contributed by atoms with E-state index in [4.69, 9.17) is 0 Å². The molecule has 0 spiro atoms. The minimum absolute atomic E-state index is 0.0954. The molecular weight excluding hydrogens is 314 g/mol. The predicted octanol–water partition coefficient (Wildman–Crippen LogP) is 4.74. The minimum atomic E-state index is 0.0954. The van der Waals surface area contributed by atoms with Crippen molar-refractivity contribution in [3.05, 3.63) is 77.9 Å². The van der Waals surface area contributed by atoms with E-state index in [1.807, 2.05) is 36.0 Å². The van der Waals surface area contributed by atoms with Crippen LogP contribution in [0.4, 0.5) is 0 Å². The van der Waals surface area contributed by atoms with Crippen molar-refractivity contribution in [3.63, 3.8) is 0 Å². The Bertz CT molecular complexity index is 884. The van der Waals surface area contributed by atoms with Crippen molar-refractivity contribution in [3.8, 4) is 0 Å². The molecule has 1 aliphatic heterocycles. The molecule has 3 heteroatoms. The average molecular weight is 333 g/mol. The van der Waals surface area contributed by atoms with Gasteiger partial charge >= 0.3 is 0 Å². The Morgan fingerprint density at radius 3 is 2.75 bits per heavy atom. The number of fused-ring (bicyclic) bond motifs is 2. The second kappa shape index (κ2) is 6.70. The molecule has 0 aromatic heterocycles. The first-order valence-electron chi connectivity index (χ1n) is 8.29. The van der Waals surface area contributed by atoms with Gasteiger partial charge in [0, 0.05) is 10.6 Å². The fourth-order valence-electron chi connectivity index (χ4n) is 3.36. The molecule has 1 aliphatic rings. The van der Waals surface area contributed by atoms with Crippen LogP contribution in [0.2, 0.25) is 0 Å². The Labute approximate surface area is 146 Å². The van der Waals surface area contributed by atoms with Crippen molar-refractivity contribution < 1.29 is 4.79 Å². The summed E-state index contributed by atoms with van der Waals surface area (Å²) < 4.78 is 0. The SMILES string of the molecule is O=C(Cc1cccc2ccccc12)NC1CCSc2ccccc21. The van der Waals surface area contributed by atoms with Crippen molar-refractivity contribution in [2.45, 2.75) is 23.8 Å². The van der Waals surface area contributed by atoms with Gasteiger partial charge in [-0.25, -0.2) is 0 Å². The summed E-state index contributed by atoms with van der Waals surface area (Å²) in [5.74, 6) is 1.15. The fraction of sp³-hybridized carbons (Fsp3) is 0.190. The number of benzene rings is 3. The van der Waals surface area contributed by atoms with Crippen LogP contribution < -0.4 is 5.32 Å². The maximum absolute atomic E-state index is 12.6. The zero-order chi connectivity index (χ0) is 16.4. The summed E-state index contributed by atoms with van der Waals surface area (Å²) >= 11 is 1.87. The van der Waals surface area contributed by atoms with Crippen LogP contribution in [0.5, 0.6) is 0 Å². The van der Waals surface area contributed by atoms with Gasteiger partial charge in [-0.3, -0.25) is 4.79 Å². The van der Waals surface area contributed by atoms with Crippen molar-refractivity contribution >= 4 is 28.4 Å². The molecule has 120 valence electrons. The minimum Gasteiger partial charge on any atom is -0.349 e. The lowest BCUT2D eigenvalue weighted by Gasteiger charge is -2.26. The number of carbonyl (C=O) groups is 1. The molecule has 1 unspecified atom stereocenters. The number of nitrogens with one attached hydrogen (secondary N) is 1. The largest absolute Gasteiger partial charge is 0.349 e. The zero-order valence-electron chi connectivity index (χ0n) is 13.4. The molecule has 1 N–H and O–H groups in total. The highest BCUT2D eigenvalue weighted by atomic mass is 32.2. The molecule has 4 rings (SSSR count). The predicted molar refractivity (Wildman–Crippen MR) is 100 cm³/mol. The van der Waals surface area contributed by atoms with Crippen molar-refractivity contribution in [1.29, 1.82) is 0 Å². The van der Waals surface area contributed by atoms with Crippen LogP contribution in [-0.2, 0) is 11.2 Å². The van der Waals surface area contributed by atoms with E-state index in [1.54, 1.807) is 0 Å². The van der Waals surface area contributed by atoms with E-state index in [1.165, 1.54) is 15.8 Å². The number of hydrogen-bond acceptors (Lipinski definition) is 2. The Morgan fingerprint density at radius 2 is 1.79 bits per heavy atom. The van der Waals surface area contributed by atoms with Crippen LogP contribution in [0, 0.1) is 0 Å². The van der Waals surface area contributed by atoms with Gasteiger partial charge in [-0.05, 0) is 34.4 Å². The number of thioether (sulfide) groups is 1. The van der Waals surface area contributed by atoms with E-state index in [9.17, 15) is 4.79 Å². The van der Waals surface area contributed by atoms with E-state index in [-0.39, 0.29) is 11.9 Å². The van der Waals surface area contributed by atoms with Gasteiger partial charge in [-0.1, -0.05) is 60.7 Å². The Hall–Kier alpha value is -2.26. The number of carbonyl (C=O) groups excluding carboxylic acids is 1. The van der Waals surface area contributed by atoms with Gasteiger partial charge in [-0.15, -0.1) is 11.8 Å². The monoisotopic (exact) mass is 333 g/mol. The third-order valence-electron chi connectivity index (χ3n) is 4.52. The molecule has 3 aromatic carbocycles. The molecule has 1 atom stereocenters. The van der Waals surface area contributed by atoms with E-state index < -0.39 is 0 Å². The van der Waals surface area contributed by atoms with Crippen LogP contribution in [0.3, 0.4) is 0 Å². The molecule has 2 nitrogen and oxygen atoms in total. The van der Waals surface area contributed by atoms with Gasteiger partial charge in [0.2, 0.25) is 5.91 Å². The molecule has 0 aliphatic carbocycles. The first-order chi connectivity index (χ1) is 11.8. The van der Waals surface area contributed by atoms with Crippen LogP contribution in [0.15, 0.2) is 71.6 Å². The van der Waals surface area contributed by atoms with Gasteiger partial charge in [-0.2, -0.15) is 0 Å². The Morgan fingerprint density at radius 1 is 1.00 bits per heavy atom. The molecule has 1 heterocycles. The summed E-state index contributed by atoms with van der Waals surface area (Å²) in [6.45, 7) is 0. The number of hydrogen-bond donors (Lipinski definition) is 1. The second-order valence-electron chi connectivity index (χ2n) is 6.11. The van der Waals surface area contributed by atoms with Gasteiger partial charge in [0.25, 0.3) is 0 Å². The van der Waals surface area contributed by atoms with Crippen LogP contribution in [0.1, 0.15) is 23.6 Å². The van der Waals surface area contributed by atoms with Crippen LogP contribution in [-0.4, -0.2) is 11.7 Å². The smallest absolute Gasteiger partial charge is 0.224 e. The highest BCUT2D eigenvalue weighted by molar-refractivity contribution is 7.99. The fourth-order valence-corrected chi connectivity index (χ4v) is 4.48. The summed E-state index contributed by atoms with van der Waals surface area (Å²) in [6.07, 6.45) is 1.41. The molecule has 0 saturated carbocycles. The highest BCUT2D eigenvalue weighted by Gasteiger charge is 2.22. The van der Waals surface area contributed by atoms with E-state index >= 15 is 0 Å². The summed E-state index contributed by atoms with van der Waals surface area (Å²) in [5.41, 5.74) is 2.34. The molecule has 1 amide bonds. The van der Waals surface area contributed by atoms with Gasteiger partial charge in [0.1, 0.15) is 0 Å². The standard InChI is InChI=1S/C21H19NOS/c23-21(14-16-8-5-7-15-6-1-2-9-17(15)16)22-19-12-13-24-20-11-4-3-10-18(19)20/h1-11,19H,12-14H2,(H,22,23). The van der Waals surface area contributed by atoms with E-state index in [0.29, 0.717) is 6.42 Å². The lowest BCUT2D eigenvalue weighted by molar-refractivity contribution is -0.121. The molecule has 3 aromatic rings. The maximum atomic E-state index is 12.6. The summed E-state index contributed by atoms with van der Waals surface area (Å²) in [5, 5.41) is 5.58. The second-order valence-corrected chi connectivity index (χ2v) is 7.25. The molecular formula is C21H19NOS. The number of rotatable bonds is 3.